The van der Waals surface area contributed by atoms with E-state index >= 15 is 0 Å². The van der Waals surface area contributed by atoms with Crippen molar-refractivity contribution in [2.45, 2.75) is 51.9 Å². The molecule has 1 atom stereocenters. The van der Waals surface area contributed by atoms with E-state index in [4.69, 9.17) is 5.73 Å². The lowest BCUT2D eigenvalue weighted by Crippen LogP contribution is -2.40. The Morgan fingerprint density at radius 3 is 2.15 bits per heavy atom. The zero-order valence-electron chi connectivity index (χ0n) is 12.9. The summed E-state index contributed by atoms with van der Waals surface area (Å²) in [6, 6.07) is 10.8. The molecule has 2 heteroatoms. The van der Waals surface area contributed by atoms with E-state index in [-0.39, 0.29) is 17.2 Å². The fourth-order valence-electron chi connectivity index (χ4n) is 3.82. The Bertz CT molecular complexity index is 446. The van der Waals surface area contributed by atoms with Crippen LogP contribution in [0.15, 0.2) is 30.3 Å². The van der Waals surface area contributed by atoms with Crippen molar-refractivity contribution in [1.29, 1.82) is 0 Å². The predicted molar refractivity (Wildman–Crippen MR) is 83.3 cm³/mol. The lowest BCUT2D eigenvalue weighted by Gasteiger charge is -2.45. The number of carbonyl (C=O) groups excluding carboxylic acids is 1. The Morgan fingerprint density at radius 1 is 1.15 bits per heavy atom. The van der Waals surface area contributed by atoms with Crippen LogP contribution >= 0.6 is 0 Å². The van der Waals surface area contributed by atoms with Gasteiger partial charge in [0.2, 0.25) is 5.91 Å². The van der Waals surface area contributed by atoms with E-state index in [0.29, 0.717) is 11.8 Å². The van der Waals surface area contributed by atoms with Gasteiger partial charge in [-0.2, -0.15) is 0 Å². The maximum absolute atomic E-state index is 11.3. The molecule has 0 aromatic heterocycles. The number of amides is 1. The third-order valence-corrected chi connectivity index (χ3v) is 5.57. The van der Waals surface area contributed by atoms with Gasteiger partial charge in [-0.3, -0.25) is 4.79 Å². The molecular formula is C18H27NO. The molecule has 110 valence electrons. The molecule has 0 radical (unpaired) electrons. The predicted octanol–water partition coefficient (Wildman–Crippen LogP) is 3.89. The summed E-state index contributed by atoms with van der Waals surface area (Å²) >= 11 is 0. The van der Waals surface area contributed by atoms with Crippen molar-refractivity contribution in [3.05, 3.63) is 35.9 Å². The number of benzene rings is 1. The third kappa shape index (κ3) is 2.74. The molecule has 1 aliphatic carbocycles. The Labute approximate surface area is 122 Å². The number of carbonyl (C=O) groups is 1. The second-order valence-corrected chi connectivity index (χ2v) is 6.75. The molecule has 1 fully saturated rings. The van der Waals surface area contributed by atoms with E-state index in [2.05, 4.69) is 51.1 Å². The second-order valence-electron chi connectivity index (χ2n) is 6.75. The third-order valence-electron chi connectivity index (χ3n) is 5.57. The highest BCUT2D eigenvalue weighted by atomic mass is 16.1. The molecule has 1 aromatic rings. The Hall–Kier alpha value is -1.31. The second kappa shape index (κ2) is 5.99. The number of primary amides is 1. The summed E-state index contributed by atoms with van der Waals surface area (Å²) in [5, 5.41) is 0. The van der Waals surface area contributed by atoms with E-state index in [1.807, 2.05) is 0 Å². The molecule has 1 unspecified atom stereocenters. The van der Waals surface area contributed by atoms with Gasteiger partial charge in [0.15, 0.2) is 0 Å². The molecule has 2 N–H and O–H groups in total. The first kappa shape index (κ1) is 15.1. The molecular weight excluding hydrogens is 246 g/mol. The minimum Gasteiger partial charge on any atom is -0.369 e. The van der Waals surface area contributed by atoms with Gasteiger partial charge in [0, 0.05) is 5.92 Å². The van der Waals surface area contributed by atoms with Crippen LogP contribution in [0, 0.1) is 17.8 Å². The van der Waals surface area contributed by atoms with E-state index in [9.17, 15) is 4.79 Å². The van der Waals surface area contributed by atoms with Gasteiger partial charge in [0.05, 0.1) is 0 Å². The average Bonchev–Trinajstić information content (AvgIpc) is 2.47. The zero-order chi connectivity index (χ0) is 14.8. The van der Waals surface area contributed by atoms with Gasteiger partial charge in [-0.15, -0.1) is 0 Å². The summed E-state index contributed by atoms with van der Waals surface area (Å²) in [6.07, 6.45) is 4.12. The molecule has 1 amide bonds. The molecule has 2 nitrogen and oxygen atoms in total. The molecule has 1 aromatic carbocycles. The summed E-state index contributed by atoms with van der Waals surface area (Å²) in [5.74, 6) is 1.20. The Kier molecular flexibility index (Phi) is 4.52. The van der Waals surface area contributed by atoms with Crippen molar-refractivity contribution < 1.29 is 4.79 Å². The normalized spacial score (nSPS) is 26.2. The van der Waals surface area contributed by atoms with Gasteiger partial charge in [-0.25, -0.2) is 0 Å². The molecule has 0 aliphatic heterocycles. The maximum atomic E-state index is 11.3. The van der Waals surface area contributed by atoms with Gasteiger partial charge in [-0.05, 0) is 48.5 Å². The Morgan fingerprint density at radius 2 is 1.70 bits per heavy atom. The molecule has 0 saturated heterocycles. The molecule has 0 bridgehead atoms. The first-order valence-corrected chi connectivity index (χ1v) is 7.81. The number of hydrogen-bond donors (Lipinski definition) is 1. The summed E-state index contributed by atoms with van der Waals surface area (Å²) < 4.78 is 0. The van der Waals surface area contributed by atoms with E-state index in [0.717, 1.165) is 25.7 Å². The van der Waals surface area contributed by atoms with Crippen molar-refractivity contribution in [3.63, 3.8) is 0 Å². The minimum absolute atomic E-state index is 0.0958. The molecule has 1 aliphatic rings. The molecule has 0 spiro atoms. The number of hydrogen-bond acceptors (Lipinski definition) is 1. The van der Waals surface area contributed by atoms with Crippen molar-refractivity contribution in [1.82, 2.24) is 0 Å². The highest BCUT2D eigenvalue weighted by molar-refractivity contribution is 5.76. The van der Waals surface area contributed by atoms with E-state index < -0.39 is 0 Å². The molecule has 2 rings (SSSR count). The smallest absolute Gasteiger partial charge is 0.220 e. The fourth-order valence-corrected chi connectivity index (χ4v) is 3.82. The number of rotatable bonds is 4. The quantitative estimate of drug-likeness (QED) is 0.888. The molecule has 20 heavy (non-hydrogen) atoms. The molecule has 0 heterocycles. The zero-order valence-corrected chi connectivity index (χ0v) is 12.9. The Balaban J connectivity index is 2.21. The van der Waals surface area contributed by atoms with Gasteiger partial charge in [0.25, 0.3) is 0 Å². The summed E-state index contributed by atoms with van der Waals surface area (Å²) in [5.41, 5.74) is 7.07. The van der Waals surface area contributed by atoms with Crippen LogP contribution < -0.4 is 5.73 Å². The maximum Gasteiger partial charge on any atom is 0.220 e. The average molecular weight is 273 g/mol. The van der Waals surface area contributed by atoms with Crippen molar-refractivity contribution >= 4 is 5.91 Å². The SMILES string of the molecule is CC(C)C(C)(c1ccccc1)C1CCC(C(N)=O)CC1. The molecule has 1 saturated carbocycles. The van der Waals surface area contributed by atoms with Crippen molar-refractivity contribution in [3.8, 4) is 0 Å². The van der Waals surface area contributed by atoms with Crippen molar-refractivity contribution in [2.75, 3.05) is 0 Å². The van der Waals surface area contributed by atoms with Gasteiger partial charge in [0.1, 0.15) is 0 Å². The first-order chi connectivity index (χ1) is 9.46. The minimum atomic E-state index is -0.116. The number of nitrogens with two attached hydrogens (primary N) is 1. The summed E-state index contributed by atoms with van der Waals surface area (Å²) in [6.45, 7) is 7.02. The largest absolute Gasteiger partial charge is 0.369 e. The van der Waals surface area contributed by atoms with Gasteiger partial charge < -0.3 is 5.73 Å². The first-order valence-electron chi connectivity index (χ1n) is 7.81. The highest BCUT2D eigenvalue weighted by Crippen LogP contribution is 2.46. The standard InChI is InChI=1S/C18H27NO/c1-13(2)18(3,15-7-5-4-6-8-15)16-11-9-14(10-12-16)17(19)20/h4-8,13-14,16H,9-12H2,1-3H3,(H2,19,20). The summed E-state index contributed by atoms with van der Waals surface area (Å²) in [4.78, 5) is 11.3. The van der Waals surface area contributed by atoms with E-state index in [1.165, 1.54) is 5.56 Å². The fraction of sp³-hybridized carbons (Fsp3) is 0.611. The van der Waals surface area contributed by atoms with Crippen LogP contribution in [0.25, 0.3) is 0 Å². The van der Waals surface area contributed by atoms with Gasteiger partial charge >= 0.3 is 0 Å². The van der Waals surface area contributed by atoms with Crippen molar-refractivity contribution in [2.24, 2.45) is 23.5 Å². The van der Waals surface area contributed by atoms with Crippen LogP contribution in [-0.4, -0.2) is 5.91 Å². The van der Waals surface area contributed by atoms with Crippen LogP contribution in [-0.2, 0) is 10.2 Å². The lowest BCUT2D eigenvalue weighted by molar-refractivity contribution is -0.123. The highest BCUT2D eigenvalue weighted by Gasteiger charge is 2.40. The van der Waals surface area contributed by atoms with E-state index in [1.54, 1.807) is 0 Å². The van der Waals surface area contributed by atoms with Crippen LogP contribution in [0.4, 0.5) is 0 Å². The van der Waals surface area contributed by atoms with Gasteiger partial charge in [-0.1, -0.05) is 51.1 Å². The topological polar surface area (TPSA) is 43.1 Å². The van der Waals surface area contributed by atoms with Crippen LogP contribution in [0.2, 0.25) is 0 Å². The van der Waals surface area contributed by atoms with Crippen LogP contribution in [0.5, 0.6) is 0 Å². The summed E-state index contributed by atoms with van der Waals surface area (Å²) in [7, 11) is 0. The lowest BCUT2D eigenvalue weighted by atomic mass is 9.60. The van der Waals surface area contributed by atoms with Crippen LogP contribution in [0.3, 0.4) is 0 Å². The van der Waals surface area contributed by atoms with Crippen LogP contribution in [0.1, 0.15) is 52.0 Å². The monoisotopic (exact) mass is 273 g/mol.